The molecule has 2 aromatic rings. The second-order valence-electron chi connectivity index (χ2n) is 13.3. The van der Waals surface area contributed by atoms with E-state index in [0.717, 1.165) is 54.9 Å². The van der Waals surface area contributed by atoms with Gasteiger partial charge in [0.15, 0.2) is 0 Å². The number of β-amino-alcohol motifs (C(OH)–C–C–N with tert-alkyl or cyclic N) is 1. The molecule has 0 saturated carbocycles. The molecule has 0 spiro atoms. The van der Waals surface area contributed by atoms with E-state index in [9.17, 15) is 19.5 Å². The van der Waals surface area contributed by atoms with E-state index in [1.165, 1.54) is 11.1 Å². The summed E-state index contributed by atoms with van der Waals surface area (Å²) < 4.78 is 0. The molecule has 3 aliphatic carbocycles. The number of carbonyl (C=O) groups excluding carboxylic acids is 3. The Balaban J connectivity index is 0.975. The van der Waals surface area contributed by atoms with E-state index >= 15 is 0 Å². The Labute approximate surface area is 257 Å². The zero-order valence-electron chi connectivity index (χ0n) is 25.0. The second-order valence-corrected chi connectivity index (χ2v) is 13.3. The van der Waals surface area contributed by atoms with Crippen molar-refractivity contribution >= 4 is 23.4 Å². The monoisotopic (exact) mass is 587 g/mol. The van der Waals surface area contributed by atoms with Crippen molar-refractivity contribution in [3.63, 3.8) is 0 Å². The molecule has 4 atom stereocenters. The van der Waals surface area contributed by atoms with Crippen LogP contribution >= 0.6 is 0 Å². The largest absolute Gasteiger partial charge is 0.391 e. The number of rotatable bonds is 6. The van der Waals surface area contributed by atoms with Crippen molar-refractivity contribution in [2.45, 2.75) is 62.6 Å². The van der Waals surface area contributed by atoms with Gasteiger partial charge in [-0.1, -0.05) is 60.7 Å². The number of allylic oxidation sites excluding steroid dienone is 5. The normalized spacial score (nSPS) is 28.5. The van der Waals surface area contributed by atoms with Crippen LogP contribution in [0.1, 0.15) is 65.3 Å². The number of fused-ring (bicyclic) bond motifs is 2. The van der Waals surface area contributed by atoms with Crippen molar-refractivity contribution in [2.75, 3.05) is 24.5 Å². The van der Waals surface area contributed by atoms with Gasteiger partial charge in [0.25, 0.3) is 11.8 Å². The molecule has 8 rings (SSSR count). The summed E-state index contributed by atoms with van der Waals surface area (Å²) >= 11 is 0. The third-order valence-electron chi connectivity index (χ3n) is 10.8. The number of para-hydroxylation sites is 1. The number of amides is 3. The minimum Gasteiger partial charge on any atom is -0.391 e. The van der Waals surface area contributed by atoms with Crippen molar-refractivity contribution in [3.05, 3.63) is 112 Å². The molecule has 1 fully saturated rings. The zero-order valence-corrected chi connectivity index (χ0v) is 25.0. The molecule has 7 nitrogen and oxygen atoms in total. The lowest BCUT2D eigenvalue weighted by molar-refractivity contribution is -0.124. The molecular formula is C37H37N3O4. The molecule has 0 radical (unpaired) electrons. The SMILES string of the molecule is CC1(CC(O)CN2C(=O)c3ccccc3C2=O)C(=O)N(C2CCN(C3CC4=C5C3=CC=CC5CC=C4)CC2)c2ccccc21. The highest BCUT2D eigenvalue weighted by Crippen LogP contribution is 2.48. The Morgan fingerprint density at radius 2 is 1.68 bits per heavy atom. The number of aliphatic hydroxyl groups excluding tert-OH is 1. The number of piperidine rings is 1. The minimum atomic E-state index is -1.04. The van der Waals surface area contributed by atoms with E-state index < -0.39 is 23.3 Å². The van der Waals surface area contributed by atoms with Crippen LogP contribution in [0, 0.1) is 5.92 Å². The number of nitrogens with zero attached hydrogens (tertiary/aromatic N) is 3. The molecule has 3 amide bonds. The number of anilines is 1. The molecule has 1 N–H and O–H groups in total. The molecular weight excluding hydrogens is 550 g/mol. The van der Waals surface area contributed by atoms with Gasteiger partial charge >= 0.3 is 0 Å². The van der Waals surface area contributed by atoms with E-state index in [-0.39, 0.29) is 24.9 Å². The average Bonchev–Trinajstić information content (AvgIpc) is 3.61. The third kappa shape index (κ3) is 4.06. The lowest BCUT2D eigenvalue weighted by atomic mass is 9.78. The highest BCUT2D eigenvalue weighted by molar-refractivity contribution is 6.21. The number of hydrogen-bond acceptors (Lipinski definition) is 5. The lowest BCUT2D eigenvalue weighted by Crippen LogP contribution is -2.52. The number of hydrogen-bond donors (Lipinski definition) is 1. The summed E-state index contributed by atoms with van der Waals surface area (Å²) in [5.74, 6) is -0.289. The Morgan fingerprint density at radius 1 is 0.977 bits per heavy atom. The van der Waals surface area contributed by atoms with Gasteiger partial charge in [0.05, 0.1) is 29.2 Å². The summed E-state index contributed by atoms with van der Waals surface area (Å²) in [6.07, 6.45) is 14.5. The summed E-state index contributed by atoms with van der Waals surface area (Å²) in [7, 11) is 0. The van der Waals surface area contributed by atoms with Crippen LogP contribution in [-0.2, 0) is 10.2 Å². The van der Waals surface area contributed by atoms with Crippen molar-refractivity contribution in [1.29, 1.82) is 0 Å². The first kappa shape index (κ1) is 27.5. The Bertz CT molecular complexity index is 1680. The van der Waals surface area contributed by atoms with Crippen molar-refractivity contribution < 1.29 is 19.5 Å². The molecule has 44 heavy (non-hydrogen) atoms. The first-order valence-electron chi connectivity index (χ1n) is 15.9. The van der Waals surface area contributed by atoms with Crippen LogP contribution in [0.25, 0.3) is 0 Å². The van der Waals surface area contributed by atoms with Gasteiger partial charge in [0.2, 0.25) is 5.91 Å². The number of imide groups is 1. The topological polar surface area (TPSA) is 81.2 Å². The predicted molar refractivity (Wildman–Crippen MR) is 168 cm³/mol. The molecule has 7 heteroatoms. The predicted octanol–water partition coefficient (Wildman–Crippen LogP) is 4.94. The van der Waals surface area contributed by atoms with Crippen LogP contribution in [0.4, 0.5) is 5.69 Å². The maximum absolute atomic E-state index is 14.3. The molecule has 2 aromatic carbocycles. The molecule has 6 aliphatic rings. The number of aliphatic hydroxyl groups is 1. The Morgan fingerprint density at radius 3 is 2.43 bits per heavy atom. The zero-order chi connectivity index (χ0) is 30.2. The van der Waals surface area contributed by atoms with Crippen LogP contribution in [0.5, 0.6) is 0 Å². The fraction of sp³-hybridized carbons (Fsp3) is 0.378. The third-order valence-corrected chi connectivity index (χ3v) is 10.8. The molecule has 3 heterocycles. The van der Waals surface area contributed by atoms with Crippen molar-refractivity contribution in [3.8, 4) is 0 Å². The molecule has 4 unspecified atom stereocenters. The van der Waals surface area contributed by atoms with Gasteiger partial charge in [-0.05, 0) is 79.5 Å². The van der Waals surface area contributed by atoms with Crippen LogP contribution < -0.4 is 4.90 Å². The quantitative estimate of drug-likeness (QED) is 0.484. The minimum absolute atomic E-state index is 0.00957. The molecule has 1 saturated heterocycles. The van der Waals surface area contributed by atoms with Gasteiger partial charge in [-0.25, -0.2) is 0 Å². The highest BCUT2D eigenvalue weighted by Gasteiger charge is 2.51. The van der Waals surface area contributed by atoms with E-state index in [2.05, 4.69) is 35.3 Å². The van der Waals surface area contributed by atoms with Gasteiger partial charge < -0.3 is 10.0 Å². The smallest absolute Gasteiger partial charge is 0.261 e. The fourth-order valence-corrected chi connectivity index (χ4v) is 8.68. The van der Waals surface area contributed by atoms with E-state index in [1.807, 2.05) is 36.1 Å². The maximum atomic E-state index is 14.3. The second kappa shape index (κ2) is 10.2. The van der Waals surface area contributed by atoms with E-state index in [0.29, 0.717) is 23.1 Å². The molecule has 0 bridgehead atoms. The van der Waals surface area contributed by atoms with E-state index in [1.54, 1.807) is 29.8 Å². The summed E-state index contributed by atoms with van der Waals surface area (Å²) in [5.41, 5.74) is 6.09. The average molecular weight is 588 g/mol. The standard InChI is InChI=1S/C37H37N3O4/c1-37(21-26(41)22-39-34(42)27-11-2-3-12-28(27)35(39)43)30-14-4-5-15-31(30)40(36(37)44)25-16-18-38(19-17-25)32-20-24-10-6-8-23-9-7-13-29(32)33(23)24/h2-7,9-15,23,25-26,32,41H,8,16-22H2,1H3. The van der Waals surface area contributed by atoms with Gasteiger partial charge in [-0.3, -0.25) is 24.2 Å². The lowest BCUT2D eigenvalue weighted by Gasteiger charge is -2.41. The van der Waals surface area contributed by atoms with Crippen LogP contribution in [-0.4, -0.2) is 70.4 Å². The molecule has 0 aromatic heterocycles. The maximum Gasteiger partial charge on any atom is 0.261 e. The number of likely N-dealkylation sites (tertiary alicyclic amines) is 1. The van der Waals surface area contributed by atoms with Gasteiger partial charge in [-0.2, -0.15) is 0 Å². The van der Waals surface area contributed by atoms with Crippen LogP contribution in [0.3, 0.4) is 0 Å². The molecule has 3 aliphatic heterocycles. The molecule has 224 valence electrons. The summed E-state index contributed by atoms with van der Waals surface area (Å²) in [6, 6.07) is 15.1. The summed E-state index contributed by atoms with van der Waals surface area (Å²) in [4.78, 5) is 45.9. The number of benzene rings is 2. The van der Waals surface area contributed by atoms with Gasteiger partial charge in [-0.15, -0.1) is 0 Å². The van der Waals surface area contributed by atoms with Gasteiger partial charge in [0.1, 0.15) is 0 Å². The van der Waals surface area contributed by atoms with Crippen LogP contribution in [0.15, 0.2) is 95.6 Å². The highest BCUT2D eigenvalue weighted by atomic mass is 16.3. The van der Waals surface area contributed by atoms with Crippen LogP contribution in [0.2, 0.25) is 0 Å². The van der Waals surface area contributed by atoms with E-state index in [4.69, 9.17) is 0 Å². The van der Waals surface area contributed by atoms with Crippen molar-refractivity contribution in [1.82, 2.24) is 9.80 Å². The Kier molecular flexibility index (Phi) is 6.40. The number of carbonyl (C=O) groups is 3. The summed E-state index contributed by atoms with van der Waals surface area (Å²) in [5, 5.41) is 11.3. The fourth-order valence-electron chi connectivity index (χ4n) is 8.68. The Hall–Kier alpha value is -4.07. The first-order valence-corrected chi connectivity index (χ1v) is 15.9. The first-order chi connectivity index (χ1) is 21.3. The summed E-state index contributed by atoms with van der Waals surface area (Å²) in [6.45, 7) is 3.61. The van der Waals surface area contributed by atoms with Gasteiger partial charge in [0, 0.05) is 36.8 Å². The van der Waals surface area contributed by atoms with Crippen molar-refractivity contribution in [2.24, 2.45) is 5.92 Å².